The minimum Gasteiger partial charge on any atom is -0.394 e. The topological polar surface area (TPSA) is 147 Å². The second kappa shape index (κ2) is 9.37. The first-order chi connectivity index (χ1) is 13.4. The quantitative estimate of drug-likeness (QED) is 0.285. The number of rotatable bonds is 7. The molecule has 0 spiro atoms. The van der Waals surface area contributed by atoms with Gasteiger partial charge in [-0.25, -0.2) is 0 Å². The van der Waals surface area contributed by atoms with Gasteiger partial charge < -0.3 is 44.7 Å². The largest absolute Gasteiger partial charge is 0.394 e. The number of thioether (sulfide) groups is 1. The molecular formula is C17H27NO9S. The maximum atomic E-state index is 11.7. The molecule has 5 N–H and O–H groups in total. The van der Waals surface area contributed by atoms with Crippen molar-refractivity contribution in [3.63, 3.8) is 0 Å². The third-order valence-electron chi connectivity index (χ3n) is 4.99. The van der Waals surface area contributed by atoms with Crippen LogP contribution < -0.4 is 5.32 Å². The zero-order valence-electron chi connectivity index (χ0n) is 15.4. The van der Waals surface area contributed by atoms with Crippen molar-refractivity contribution < 1.29 is 44.2 Å². The Kier molecular flexibility index (Phi) is 7.34. The van der Waals surface area contributed by atoms with Crippen LogP contribution in [0.15, 0.2) is 12.7 Å². The van der Waals surface area contributed by atoms with Gasteiger partial charge in [0.05, 0.1) is 24.6 Å². The molecule has 3 fully saturated rings. The number of hydrogen-bond acceptors (Lipinski definition) is 10. The molecule has 0 unspecified atom stereocenters. The van der Waals surface area contributed by atoms with Gasteiger partial charge in [-0.1, -0.05) is 6.08 Å². The fraction of sp³-hybridized carbons (Fsp3) is 0.824. The van der Waals surface area contributed by atoms with Crippen LogP contribution in [-0.2, 0) is 23.7 Å². The first-order valence-corrected chi connectivity index (χ1v) is 10.1. The molecule has 28 heavy (non-hydrogen) atoms. The summed E-state index contributed by atoms with van der Waals surface area (Å²) in [6.45, 7) is 4.61. The van der Waals surface area contributed by atoms with Crippen LogP contribution in [0.3, 0.4) is 0 Å². The number of hydrogen-bond donors (Lipinski definition) is 5. The Morgan fingerprint density at radius 2 is 2.00 bits per heavy atom. The summed E-state index contributed by atoms with van der Waals surface area (Å²) in [7, 11) is 0. The lowest BCUT2D eigenvalue weighted by Crippen LogP contribution is -2.69. The molecule has 3 aliphatic heterocycles. The lowest BCUT2D eigenvalue weighted by molar-refractivity contribution is -0.327. The van der Waals surface area contributed by atoms with E-state index in [2.05, 4.69) is 11.9 Å². The van der Waals surface area contributed by atoms with E-state index in [0.29, 0.717) is 0 Å². The Morgan fingerprint density at radius 3 is 2.57 bits per heavy atom. The Balaban J connectivity index is 1.79. The Morgan fingerprint density at radius 1 is 1.25 bits per heavy atom. The summed E-state index contributed by atoms with van der Waals surface area (Å²) in [5.41, 5.74) is 0. The molecule has 0 saturated carbocycles. The predicted molar refractivity (Wildman–Crippen MR) is 97.3 cm³/mol. The van der Waals surface area contributed by atoms with E-state index in [1.165, 1.54) is 6.92 Å². The highest BCUT2D eigenvalue weighted by molar-refractivity contribution is 8.01. The van der Waals surface area contributed by atoms with E-state index >= 15 is 0 Å². The van der Waals surface area contributed by atoms with Crippen molar-refractivity contribution in [3.05, 3.63) is 12.7 Å². The van der Waals surface area contributed by atoms with Crippen LogP contribution in [0.2, 0.25) is 0 Å². The maximum Gasteiger partial charge on any atom is 0.217 e. The second-order valence-electron chi connectivity index (χ2n) is 6.99. The summed E-state index contributed by atoms with van der Waals surface area (Å²) < 4.78 is 23.0. The molecule has 0 radical (unpaired) electrons. The van der Waals surface area contributed by atoms with Crippen molar-refractivity contribution in [1.29, 1.82) is 0 Å². The third kappa shape index (κ3) is 4.37. The van der Waals surface area contributed by atoms with Crippen LogP contribution in [0.4, 0.5) is 0 Å². The smallest absolute Gasteiger partial charge is 0.217 e. The third-order valence-corrected chi connectivity index (χ3v) is 6.46. The van der Waals surface area contributed by atoms with Gasteiger partial charge in [0.25, 0.3) is 0 Å². The zero-order chi connectivity index (χ0) is 20.4. The van der Waals surface area contributed by atoms with Crippen molar-refractivity contribution >= 4 is 17.7 Å². The first-order valence-electron chi connectivity index (χ1n) is 9.10. The molecule has 0 aromatic carbocycles. The fourth-order valence-electron chi connectivity index (χ4n) is 3.51. The number of aliphatic hydroxyl groups excluding tert-OH is 4. The molecule has 160 valence electrons. The van der Waals surface area contributed by atoms with Crippen LogP contribution in [0, 0.1) is 0 Å². The van der Waals surface area contributed by atoms with E-state index in [-0.39, 0.29) is 23.9 Å². The number of nitrogens with one attached hydrogen (secondary N) is 1. The van der Waals surface area contributed by atoms with Gasteiger partial charge in [-0.3, -0.25) is 4.79 Å². The lowest BCUT2D eigenvalue weighted by atomic mass is 9.97. The minimum atomic E-state index is -1.55. The van der Waals surface area contributed by atoms with E-state index in [9.17, 15) is 25.2 Å². The zero-order valence-corrected chi connectivity index (χ0v) is 16.2. The van der Waals surface area contributed by atoms with Crippen molar-refractivity contribution in [2.24, 2.45) is 0 Å². The van der Waals surface area contributed by atoms with Crippen molar-refractivity contribution in [2.45, 2.75) is 67.4 Å². The molecule has 3 aliphatic rings. The van der Waals surface area contributed by atoms with Crippen LogP contribution in [-0.4, -0.2) is 106 Å². The van der Waals surface area contributed by atoms with Gasteiger partial charge in [0.15, 0.2) is 12.6 Å². The van der Waals surface area contributed by atoms with Gasteiger partial charge in [-0.05, 0) is 0 Å². The lowest BCUT2D eigenvalue weighted by Gasteiger charge is -2.52. The van der Waals surface area contributed by atoms with Crippen LogP contribution >= 0.6 is 11.8 Å². The predicted octanol–water partition coefficient (Wildman–Crippen LogP) is -2.28. The van der Waals surface area contributed by atoms with Crippen LogP contribution in [0.1, 0.15) is 6.92 Å². The normalized spacial score (nSPS) is 45.6. The highest BCUT2D eigenvalue weighted by Gasteiger charge is 2.55. The van der Waals surface area contributed by atoms with Gasteiger partial charge in [-0.15, -0.1) is 6.58 Å². The Labute approximate surface area is 166 Å². The second-order valence-corrected chi connectivity index (χ2v) is 8.20. The molecular weight excluding hydrogens is 394 g/mol. The van der Waals surface area contributed by atoms with Crippen LogP contribution in [0.25, 0.3) is 0 Å². The SMILES string of the molecule is C=CCO[C@H]1O[C@@H]2CS[C@@H]2[C@H](O[C@@H]2O[C@H](CO)[C@H](O)[C@H](O)[C@H]2O)[C@H]1NC(C)=O. The van der Waals surface area contributed by atoms with E-state index in [0.717, 1.165) is 5.75 Å². The molecule has 0 bridgehead atoms. The van der Waals surface area contributed by atoms with E-state index < -0.39 is 55.7 Å². The number of fused-ring (bicyclic) bond motifs is 1. The average Bonchev–Trinajstić information content (AvgIpc) is 2.64. The summed E-state index contributed by atoms with van der Waals surface area (Å²) >= 11 is 1.58. The molecule has 0 aliphatic carbocycles. The summed E-state index contributed by atoms with van der Waals surface area (Å²) in [4.78, 5) is 11.7. The van der Waals surface area contributed by atoms with Gasteiger partial charge in [-0.2, -0.15) is 11.8 Å². The van der Waals surface area contributed by atoms with Crippen LogP contribution in [0.5, 0.6) is 0 Å². The van der Waals surface area contributed by atoms with E-state index in [1.807, 2.05) is 0 Å². The molecule has 1 amide bonds. The Bertz CT molecular complexity index is 565. The first kappa shape index (κ1) is 21.9. The highest BCUT2D eigenvalue weighted by atomic mass is 32.2. The number of carbonyl (C=O) groups is 1. The van der Waals surface area contributed by atoms with Gasteiger partial charge in [0.2, 0.25) is 5.91 Å². The molecule has 10 nitrogen and oxygen atoms in total. The average molecular weight is 421 g/mol. The standard InChI is InChI=1S/C17H27NO9S/c1-3-4-24-16-10(18-7(2)20)14(15-9(26-16)6-28-15)27-17-13(23)12(22)11(21)8(5-19)25-17/h3,8-17,19,21-23H,1,4-6H2,2H3,(H,18,20)/t8-,9-,10-,11+,12+,13-,14-,15+,16+,17+/m1/s1. The number of carbonyl (C=O) groups excluding carboxylic acids is 1. The summed E-state index contributed by atoms with van der Waals surface area (Å²) in [5.74, 6) is 0.408. The van der Waals surface area contributed by atoms with Gasteiger partial charge in [0, 0.05) is 12.7 Å². The fourth-order valence-corrected chi connectivity index (χ4v) is 4.65. The van der Waals surface area contributed by atoms with E-state index in [4.69, 9.17) is 18.9 Å². The molecule has 10 atom stereocenters. The molecule has 3 rings (SSSR count). The van der Waals surface area contributed by atoms with Crippen molar-refractivity contribution in [3.8, 4) is 0 Å². The van der Waals surface area contributed by atoms with Crippen molar-refractivity contribution in [1.82, 2.24) is 5.32 Å². The minimum absolute atomic E-state index is 0.146. The van der Waals surface area contributed by atoms with Crippen molar-refractivity contribution in [2.75, 3.05) is 19.0 Å². The van der Waals surface area contributed by atoms with E-state index in [1.54, 1.807) is 17.8 Å². The molecule has 3 saturated heterocycles. The summed E-state index contributed by atoms with van der Waals surface area (Å²) in [5, 5.41) is 42.2. The molecule has 11 heteroatoms. The summed E-state index contributed by atoms with van der Waals surface area (Å²) in [6, 6.07) is -0.695. The number of amides is 1. The number of ether oxygens (including phenoxy) is 4. The molecule has 3 heterocycles. The molecule has 0 aromatic rings. The Hall–Kier alpha value is -0.760. The maximum absolute atomic E-state index is 11.7. The highest BCUT2D eigenvalue weighted by Crippen LogP contribution is 2.42. The van der Waals surface area contributed by atoms with Gasteiger partial charge in [0.1, 0.15) is 36.6 Å². The molecule has 0 aromatic heterocycles. The summed E-state index contributed by atoms with van der Waals surface area (Å²) in [6.07, 6.45) is -7.01. The van der Waals surface area contributed by atoms with Gasteiger partial charge >= 0.3 is 0 Å². The number of aliphatic hydroxyl groups is 4. The monoisotopic (exact) mass is 421 g/mol.